The van der Waals surface area contributed by atoms with Crippen molar-refractivity contribution in [3.8, 4) is 11.3 Å². The van der Waals surface area contributed by atoms with E-state index >= 15 is 0 Å². The lowest BCUT2D eigenvalue weighted by atomic mass is 10.1. The average molecular weight is 428 g/mol. The second-order valence-corrected chi connectivity index (χ2v) is 8.15. The Morgan fingerprint density at radius 3 is 2.23 bits per heavy atom. The molecule has 0 radical (unpaired) electrons. The number of para-hydroxylation sites is 1. The summed E-state index contributed by atoms with van der Waals surface area (Å²) in [7, 11) is 0. The van der Waals surface area contributed by atoms with Crippen LogP contribution in [0.1, 0.15) is 20.2 Å². The molecule has 2 amide bonds. The van der Waals surface area contributed by atoms with Gasteiger partial charge in [-0.1, -0.05) is 60.7 Å². The van der Waals surface area contributed by atoms with Crippen molar-refractivity contribution >= 4 is 34.5 Å². The highest BCUT2D eigenvalue weighted by molar-refractivity contribution is 7.14. The summed E-state index contributed by atoms with van der Waals surface area (Å²) in [4.78, 5) is 30.7. The van der Waals surface area contributed by atoms with E-state index in [2.05, 4.69) is 15.6 Å². The standard InChI is InChI=1S/C25H21N3O2S/c1-17-9-8-14-20(15-17)26-21(29)16-22-28-23(18-10-4-2-5-11-18)24(31-22)25(30)27-19-12-6-3-7-13-19/h2-15H,16H2,1H3,(H,26,29)(H,27,30). The topological polar surface area (TPSA) is 71.1 Å². The minimum Gasteiger partial charge on any atom is -0.326 e. The van der Waals surface area contributed by atoms with Crippen molar-refractivity contribution in [2.24, 2.45) is 0 Å². The highest BCUT2D eigenvalue weighted by Gasteiger charge is 2.21. The third-order valence-electron chi connectivity index (χ3n) is 4.57. The van der Waals surface area contributed by atoms with Crippen molar-refractivity contribution < 1.29 is 9.59 Å². The summed E-state index contributed by atoms with van der Waals surface area (Å²) in [6, 6.07) is 26.4. The van der Waals surface area contributed by atoms with Gasteiger partial charge in [-0.15, -0.1) is 11.3 Å². The van der Waals surface area contributed by atoms with Gasteiger partial charge in [0.15, 0.2) is 0 Å². The molecule has 4 aromatic rings. The Labute approximate surface area is 184 Å². The largest absolute Gasteiger partial charge is 0.326 e. The molecule has 4 rings (SSSR count). The van der Waals surface area contributed by atoms with Crippen molar-refractivity contribution in [2.75, 3.05) is 10.6 Å². The molecule has 0 aliphatic rings. The molecule has 0 saturated heterocycles. The van der Waals surface area contributed by atoms with Gasteiger partial charge in [-0.05, 0) is 36.8 Å². The molecule has 5 nitrogen and oxygen atoms in total. The van der Waals surface area contributed by atoms with Crippen LogP contribution in [0.3, 0.4) is 0 Å². The molecule has 0 fully saturated rings. The van der Waals surface area contributed by atoms with Crippen LogP contribution >= 0.6 is 11.3 Å². The van der Waals surface area contributed by atoms with Crippen LogP contribution in [0.25, 0.3) is 11.3 Å². The fourth-order valence-corrected chi connectivity index (χ4v) is 4.14. The summed E-state index contributed by atoms with van der Waals surface area (Å²) in [5.41, 5.74) is 3.93. The van der Waals surface area contributed by atoms with Gasteiger partial charge in [-0.25, -0.2) is 4.98 Å². The molecule has 154 valence electrons. The summed E-state index contributed by atoms with van der Waals surface area (Å²) in [5, 5.41) is 6.39. The van der Waals surface area contributed by atoms with Crippen LogP contribution in [0.5, 0.6) is 0 Å². The Hall–Kier alpha value is -3.77. The van der Waals surface area contributed by atoms with Crippen molar-refractivity contribution in [2.45, 2.75) is 13.3 Å². The third-order valence-corrected chi connectivity index (χ3v) is 5.62. The first kappa shape index (κ1) is 20.5. The molecule has 0 spiro atoms. The van der Waals surface area contributed by atoms with E-state index < -0.39 is 0 Å². The van der Waals surface area contributed by atoms with Crippen LogP contribution in [0.4, 0.5) is 11.4 Å². The van der Waals surface area contributed by atoms with Gasteiger partial charge < -0.3 is 10.6 Å². The Morgan fingerprint density at radius 2 is 1.52 bits per heavy atom. The van der Waals surface area contributed by atoms with Crippen LogP contribution in [0, 0.1) is 6.92 Å². The molecule has 2 N–H and O–H groups in total. The lowest BCUT2D eigenvalue weighted by Crippen LogP contribution is -2.14. The number of benzene rings is 3. The summed E-state index contributed by atoms with van der Waals surface area (Å²) < 4.78 is 0. The van der Waals surface area contributed by atoms with E-state index in [4.69, 9.17) is 0 Å². The number of aromatic nitrogens is 1. The maximum atomic E-state index is 13.0. The zero-order chi connectivity index (χ0) is 21.6. The van der Waals surface area contributed by atoms with Crippen LogP contribution in [-0.4, -0.2) is 16.8 Å². The second kappa shape index (κ2) is 9.36. The first-order valence-electron chi connectivity index (χ1n) is 9.86. The maximum Gasteiger partial charge on any atom is 0.268 e. The molecule has 31 heavy (non-hydrogen) atoms. The fraction of sp³-hybridized carbons (Fsp3) is 0.0800. The number of anilines is 2. The molecule has 0 aliphatic heterocycles. The first-order valence-corrected chi connectivity index (χ1v) is 10.7. The fourth-order valence-electron chi connectivity index (χ4n) is 3.16. The number of nitrogens with one attached hydrogen (secondary N) is 2. The number of nitrogens with zero attached hydrogens (tertiary/aromatic N) is 1. The minimum absolute atomic E-state index is 0.0943. The molecule has 0 bridgehead atoms. The van der Waals surface area contributed by atoms with Gasteiger partial charge >= 0.3 is 0 Å². The van der Waals surface area contributed by atoms with E-state index in [1.165, 1.54) is 11.3 Å². The van der Waals surface area contributed by atoms with Crippen LogP contribution < -0.4 is 10.6 Å². The molecule has 0 saturated carbocycles. The minimum atomic E-state index is -0.243. The highest BCUT2D eigenvalue weighted by atomic mass is 32.1. The summed E-state index contributed by atoms with van der Waals surface area (Å²) in [5.74, 6) is -0.415. The quantitative estimate of drug-likeness (QED) is 0.424. The predicted molar refractivity (Wildman–Crippen MR) is 125 cm³/mol. The Balaban J connectivity index is 1.58. The maximum absolute atomic E-state index is 13.0. The smallest absolute Gasteiger partial charge is 0.268 e. The number of rotatable bonds is 6. The molecular formula is C25H21N3O2S. The van der Waals surface area contributed by atoms with Crippen LogP contribution in [-0.2, 0) is 11.2 Å². The number of amides is 2. The molecular weight excluding hydrogens is 406 g/mol. The average Bonchev–Trinajstić information content (AvgIpc) is 3.19. The SMILES string of the molecule is Cc1cccc(NC(=O)Cc2nc(-c3ccccc3)c(C(=O)Nc3ccccc3)s2)c1. The van der Waals surface area contributed by atoms with E-state index in [1.54, 1.807) is 0 Å². The van der Waals surface area contributed by atoms with Crippen molar-refractivity contribution in [3.05, 3.63) is 100 Å². The molecule has 1 aromatic heterocycles. The van der Waals surface area contributed by atoms with E-state index in [0.29, 0.717) is 21.3 Å². The summed E-state index contributed by atoms with van der Waals surface area (Å²) >= 11 is 1.24. The number of carbonyl (C=O) groups is 2. The van der Waals surface area contributed by atoms with Gasteiger partial charge in [0, 0.05) is 16.9 Å². The molecule has 1 heterocycles. The molecule has 3 aromatic carbocycles. The van der Waals surface area contributed by atoms with Gasteiger partial charge in [0.05, 0.1) is 12.1 Å². The van der Waals surface area contributed by atoms with E-state index in [0.717, 1.165) is 16.8 Å². The number of thiazole rings is 1. The molecule has 6 heteroatoms. The third kappa shape index (κ3) is 5.24. The molecule has 0 aliphatic carbocycles. The van der Waals surface area contributed by atoms with Gasteiger partial charge in [0.1, 0.15) is 9.88 Å². The Morgan fingerprint density at radius 1 is 0.839 bits per heavy atom. The van der Waals surface area contributed by atoms with E-state index in [9.17, 15) is 9.59 Å². The monoisotopic (exact) mass is 427 g/mol. The lowest BCUT2D eigenvalue weighted by Gasteiger charge is -2.05. The van der Waals surface area contributed by atoms with Gasteiger partial charge in [-0.2, -0.15) is 0 Å². The Bertz CT molecular complexity index is 1200. The van der Waals surface area contributed by atoms with Crippen molar-refractivity contribution in [3.63, 3.8) is 0 Å². The van der Waals surface area contributed by atoms with Gasteiger partial charge in [-0.3, -0.25) is 9.59 Å². The normalized spacial score (nSPS) is 10.5. The number of aryl methyl sites for hydroxylation is 1. The summed E-state index contributed by atoms with van der Waals surface area (Å²) in [6.45, 7) is 1.97. The van der Waals surface area contributed by atoms with Gasteiger partial charge in [0.2, 0.25) is 5.91 Å². The van der Waals surface area contributed by atoms with E-state index in [-0.39, 0.29) is 18.2 Å². The van der Waals surface area contributed by atoms with Crippen LogP contribution in [0.2, 0.25) is 0 Å². The van der Waals surface area contributed by atoms with Crippen molar-refractivity contribution in [1.29, 1.82) is 0 Å². The first-order chi connectivity index (χ1) is 15.1. The molecule has 0 atom stereocenters. The lowest BCUT2D eigenvalue weighted by molar-refractivity contribution is -0.115. The molecule has 0 unspecified atom stereocenters. The zero-order valence-electron chi connectivity index (χ0n) is 17.0. The van der Waals surface area contributed by atoms with Crippen LogP contribution in [0.15, 0.2) is 84.9 Å². The second-order valence-electron chi connectivity index (χ2n) is 7.07. The highest BCUT2D eigenvalue weighted by Crippen LogP contribution is 2.29. The van der Waals surface area contributed by atoms with Gasteiger partial charge in [0.25, 0.3) is 5.91 Å². The summed E-state index contributed by atoms with van der Waals surface area (Å²) in [6.07, 6.45) is 0.0943. The van der Waals surface area contributed by atoms with Crippen molar-refractivity contribution in [1.82, 2.24) is 4.98 Å². The number of carbonyl (C=O) groups excluding carboxylic acids is 2. The number of hydrogen-bond donors (Lipinski definition) is 2. The zero-order valence-corrected chi connectivity index (χ0v) is 17.8. The van der Waals surface area contributed by atoms with E-state index in [1.807, 2.05) is 91.9 Å². The predicted octanol–water partition coefficient (Wildman–Crippen LogP) is 5.55. The Kier molecular flexibility index (Phi) is 6.19. The number of hydrogen-bond acceptors (Lipinski definition) is 4.